The summed E-state index contributed by atoms with van der Waals surface area (Å²) in [4.78, 5) is 0. The zero-order valence-electron chi connectivity index (χ0n) is 7.99. The van der Waals surface area contributed by atoms with Gasteiger partial charge in [-0.15, -0.1) is 0 Å². The number of allylic oxidation sites excluding steroid dienone is 1. The van der Waals surface area contributed by atoms with Gasteiger partial charge in [0, 0.05) is 6.04 Å². The van der Waals surface area contributed by atoms with Crippen molar-refractivity contribution in [2.24, 2.45) is 0 Å². The Kier molecular flexibility index (Phi) is 3.93. The second-order valence-corrected chi connectivity index (χ2v) is 5.29. The Morgan fingerprint density at radius 3 is 2.77 bits per heavy atom. The Balaban J connectivity index is 2.43. The average Bonchev–Trinajstić information content (AvgIpc) is 2.04. The molecule has 1 rings (SSSR count). The van der Waals surface area contributed by atoms with Crippen molar-refractivity contribution in [1.82, 2.24) is 4.72 Å². The Morgan fingerprint density at radius 2 is 2.23 bits per heavy atom. The first kappa shape index (κ1) is 10.7. The highest BCUT2D eigenvalue weighted by Crippen LogP contribution is 2.11. The van der Waals surface area contributed by atoms with Crippen molar-refractivity contribution in [3.63, 3.8) is 0 Å². The molecule has 0 aromatic heterocycles. The second-order valence-electron chi connectivity index (χ2n) is 3.42. The smallest absolute Gasteiger partial charge is 0.211 e. The van der Waals surface area contributed by atoms with Gasteiger partial charge in [-0.1, -0.05) is 19.1 Å². The average molecular weight is 203 g/mol. The molecule has 4 heteroatoms. The van der Waals surface area contributed by atoms with Crippen molar-refractivity contribution >= 4 is 10.0 Å². The lowest BCUT2D eigenvalue weighted by Gasteiger charge is -2.18. The predicted octanol–water partition coefficient (Wildman–Crippen LogP) is 1.42. The van der Waals surface area contributed by atoms with Crippen LogP contribution in [-0.2, 0) is 10.0 Å². The van der Waals surface area contributed by atoms with Crippen LogP contribution >= 0.6 is 0 Å². The highest BCUT2D eigenvalue weighted by molar-refractivity contribution is 7.89. The molecule has 0 aromatic carbocycles. The molecule has 0 radical (unpaired) electrons. The largest absolute Gasteiger partial charge is 0.212 e. The monoisotopic (exact) mass is 203 g/mol. The zero-order chi connectivity index (χ0) is 9.73. The Hall–Kier alpha value is -0.350. The molecule has 1 atom stereocenters. The fraction of sp³-hybridized carbons (Fsp3) is 0.778. The van der Waals surface area contributed by atoms with Crippen molar-refractivity contribution in [2.45, 2.75) is 38.6 Å². The summed E-state index contributed by atoms with van der Waals surface area (Å²) < 4.78 is 25.4. The van der Waals surface area contributed by atoms with Crippen LogP contribution in [0.4, 0.5) is 0 Å². The molecule has 13 heavy (non-hydrogen) atoms. The van der Waals surface area contributed by atoms with Gasteiger partial charge in [-0.2, -0.15) is 0 Å². The van der Waals surface area contributed by atoms with Crippen molar-refractivity contribution in [3.05, 3.63) is 12.2 Å². The third-order valence-corrected chi connectivity index (χ3v) is 3.73. The molecule has 0 heterocycles. The van der Waals surface area contributed by atoms with E-state index in [4.69, 9.17) is 0 Å². The minimum absolute atomic E-state index is 0.126. The summed E-state index contributed by atoms with van der Waals surface area (Å²) in [6, 6.07) is 0.126. The van der Waals surface area contributed by atoms with Gasteiger partial charge >= 0.3 is 0 Å². The predicted molar refractivity (Wildman–Crippen MR) is 54.0 cm³/mol. The summed E-state index contributed by atoms with van der Waals surface area (Å²) in [5, 5.41) is 0. The van der Waals surface area contributed by atoms with Gasteiger partial charge in [-0.3, -0.25) is 0 Å². The van der Waals surface area contributed by atoms with E-state index < -0.39 is 10.0 Å². The molecule has 0 aromatic rings. The van der Waals surface area contributed by atoms with Gasteiger partial charge in [0.05, 0.1) is 5.75 Å². The molecule has 0 aliphatic heterocycles. The molecule has 0 spiro atoms. The fourth-order valence-corrected chi connectivity index (χ4v) is 2.86. The number of rotatable bonds is 4. The molecule has 0 amide bonds. The van der Waals surface area contributed by atoms with Crippen LogP contribution in [0.15, 0.2) is 12.2 Å². The summed E-state index contributed by atoms with van der Waals surface area (Å²) in [6.07, 6.45) is 7.58. The summed E-state index contributed by atoms with van der Waals surface area (Å²) in [5.41, 5.74) is 0. The molecule has 0 saturated carbocycles. The maximum Gasteiger partial charge on any atom is 0.211 e. The van der Waals surface area contributed by atoms with E-state index in [0.29, 0.717) is 6.42 Å². The minimum atomic E-state index is -3.02. The SMILES string of the molecule is CCCS(=O)(=O)NC1CC=CCC1. The highest BCUT2D eigenvalue weighted by Gasteiger charge is 2.16. The van der Waals surface area contributed by atoms with E-state index in [1.54, 1.807) is 0 Å². The van der Waals surface area contributed by atoms with E-state index in [9.17, 15) is 8.42 Å². The molecule has 0 saturated heterocycles. The molecule has 1 unspecified atom stereocenters. The highest BCUT2D eigenvalue weighted by atomic mass is 32.2. The van der Waals surface area contributed by atoms with Crippen molar-refractivity contribution in [1.29, 1.82) is 0 Å². The number of hydrogen-bond acceptors (Lipinski definition) is 2. The van der Waals surface area contributed by atoms with Crippen molar-refractivity contribution in [3.8, 4) is 0 Å². The maximum absolute atomic E-state index is 11.4. The van der Waals surface area contributed by atoms with Gasteiger partial charge in [0.1, 0.15) is 0 Å². The first-order valence-corrected chi connectivity index (χ1v) is 6.44. The Labute approximate surface area is 80.3 Å². The lowest BCUT2D eigenvalue weighted by atomic mass is 10.0. The van der Waals surface area contributed by atoms with Gasteiger partial charge in [0.25, 0.3) is 0 Å². The molecule has 1 aliphatic rings. The molecule has 1 N–H and O–H groups in total. The topological polar surface area (TPSA) is 46.2 Å². The molecule has 0 bridgehead atoms. The quantitative estimate of drug-likeness (QED) is 0.702. The van der Waals surface area contributed by atoms with Gasteiger partial charge in [0.2, 0.25) is 10.0 Å². The van der Waals surface area contributed by atoms with Crippen LogP contribution in [0.2, 0.25) is 0 Å². The molecule has 76 valence electrons. The first-order chi connectivity index (χ1) is 6.14. The summed E-state index contributed by atoms with van der Waals surface area (Å²) in [5.74, 6) is 0.243. The number of hydrogen-bond donors (Lipinski definition) is 1. The van der Waals surface area contributed by atoms with Gasteiger partial charge in [-0.05, 0) is 25.7 Å². The first-order valence-electron chi connectivity index (χ1n) is 4.79. The van der Waals surface area contributed by atoms with Crippen molar-refractivity contribution < 1.29 is 8.42 Å². The fourth-order valence-electron chi connectivity index (χ4n) is 1.48. The van der Waals surface area contributed by atoms with Crippen LogP contribution in [0.5, 0.6) is 0 Å². The number of nitrogens with one attached hydrogen (secondary N) is 1. The van der Waals surface area contributed by atoms with Crippen LogP contribution in [-0.4, -0.2) is 20.2 Å². The summed E-state index contributed by atoms with van der Waals surface area (Å²) in [6.45, 7) is 1.88. The zero-order valence-corrected chi connectivity index (χ0v) is 8.81. The maximum atomic E-state index is 11.4. The lowest BCUT2D eigenvalue weighted by molar-refractivity contribution is 0.521. The molecule has 3 nitrogen and oxygen atoms in total. The third-order valence-electron chi connectivity index (χ3n) is 2.09. The van der Waals surface area contributed by atoms with Crippen LogP contribution in [0.25, 0.3) is 0 Å². The van der Waals surface area contributed by atoms with Crippen molar-refractivity contribution in [2.75, 3.05) is 5.75 Å². The number of sulfonamides is 1. The molecule has 0 fully saturated rings. The van der Waals surface area contributed by atoms with E-state index in [-0.39, 0.29) is 11.8 Å². The van der Waals surface area contributed by atoms with Gasteiger partial charge < -0.3 is 0 Å². The normalized spacial score (nSPS) is 23.3. The second kappa shape index (κ2) is 4.77. The van der Waals surface area contributed by atoms with E-state index >= 15 is 0 Å². The van der Waals surface area contributed by atoms with E-state index in [2.05, 4.69) is 10.8 Å². The Bertz CT molecular complexity index is 269. The third kappa shape index (κ3) is 3.91. The lowest BCUT2D eigenvalue weighted by Crippen LogP contribution is -2.36. The van der Waals surface area contributed by atoms with Gasteiger partial charge in [0.15, 0.2) is 0 Å². The summed E-state index contributed by atoms with van der Waals surface area (Å²) >= 11 is 0. The van der Waals surface area contributed by atoms with Gasteiger partial charge in [-0.25, -0.2) is 13.1 Å². The van der Waals surface area contributed by atoms with E-state index in [1.807, 2.05) is 13.0 Å². The van der Waals surface area contributed by atoms with E-state index in [0.717, 1.165) is 19.3 Å². The standard InChI is InChI=1S/C9H17NO2S/c1-2-8-13(11,12)10-9-6-4-3-5-7-9/h3-4,9-10H,2,5-8H2,1H3. The van der Waals surface area contributed by atoms with Crippen LogP contribution in [0.3, 0.4) is 0 Å². The minimum Gasteiger partial charge on any atom is -0.212 e. The van der Waals surface area contributed by atoms with Crippen LogP contribution < -0.4 is 4.72 Å². The summed E-state index contributed by atoms with van der Waals surface area (Å²) in [7, 11) is -3.02. The van der Waals surface area contributed by atoms with E-state index in [1.165, 1.54) is 0 Å². The molecule has 1 aliphatic carbocycles. The molecular formula is C9H17NO2S. The van der Waals surface area contributed by atoms with Crippen LogP contribution in [0.1, 0.15) is 32.6 Å². The van der Waals surface area contributed by atoms with Crippen LogP contribution in [0, 0.1) is 0 Å². The Morgan fingerprint density at radius 1 is 1.46 bits per heavy atom. The molecular weight excluding hydrogens is 186 g/mol.